The van der Waals surface area contributed by atoms with Crippen LogP contribution < -0.4 is 4.74 Å². The molecule has 0 radical (unpaired) electrons. The normalized spacial score (nSPS) is 14.2. The van der Waals surface area contributed by atoms with Crippen molar-refractivity contribution in [1.82, 2.24) is 0 Å². The molecule has 0 N–H and O–H groups in total. The molecule has 0 spiro atoms. The van der Waals surface area contributed by atoms with Gasteiger partial charge in [-0.2, -0.15) is 0 Å². The first-order valence-electron chi connectivity index (χ1n) is 11.0. The molecular weight excluding hydrogens is 400 g/mol. The summed E-state index contributed by atoms with van der Waals surface area (Å²) in [5.74, 6) is 0.604. The van der Waals surface area contributed by atoms with Crippen LogP contribution in [0.5, 0.6) is 5.75 Å². The van der Waals surface area contributed by atoms with Crippen LogP contribution in [0.3, 0.4) is 0 Å². The van der Waals surface area contributed by atoms with Crippen molar-refractivity contribution in [3.63, 3.8) is 0 Å². The summed E-state index contributed by atoms with van der Waals surface area (Å²) in [6.07, 6.45) is 2.45. The van der Waals surface area contributed by atoms with Crippen LogP contribution in [-0.2, 0) is 19.7 Å². The Labute approximate surface area is 189 Å². The fraction of sp³-hybridized carbons (Fsp3) is 0.250. The van der Waals surface area contributed by atoms with Crippen molar-refractivity contribution in [3.8, 4) is 5.75 Å². The van der Waals surface area contributed by atoms with E-state index in [1.807, 2.05) is 67.6 Å². The van der Waals surface area contributed by atoms with E-state index in [1.165, 1.54) is 0 Å². The maximum Gasteiger partial charge on any atom is 0.306 e. The molecule has 0 unspecified atom stereocenters. The van der Waals surface area contributed by atoms with Crippen LogP contribution in [0.1, 0.15) is 30.0 Å². The lowest BCUT2D eigenvalue weighted by molar-refractivity contribution is -0.151. The molecule has 1 heterocycles. The van der Waals surface area contributed by atoms with E-state index in [2.05, 4.69) is 30.3 Å². The summed E-state index contributed by atoms with van der Waals surface area (Å²) in [4.78, 5) is 12.0. The van der Waals surface area contributed by atoms with Crippen molar-refractivity contribution in [2.45, 2.75) is 18.8 Å². The predicted molar refractivity (Wildman–Crippen MR) is 126 cm³/mol. The number of rotatable bonds is 9. The highest BCUT2D eigenvalue weighted by Gasteiger charge is 2.42. The minimum atomic E-state index is -0.293. The third-order valence-corrected chi connectivity index (χ3v) is 5.72. The summed E-state index contributed by atoms with van der Waals surface area (Å²) in [5.41, 5.74) is 4.24. The van der Waals surface area contributed by atoms with E-state index in [9.17, 15) is 4.79 Å². The van der Waals surface area contributed by atoms with Crippen molar-refractivity contribution in [1.29, 1.82) is 0 Å². The van der Waals surface area contributed by atoms with Crippen LogP contribution >= 0.6 is 0 Å². The molecule has 1 aliphatic rings. The van der Waals surface area contributed by atoms with Gasteiger partial charge in [-0.1, -0.05) is 72.8 Å². The molecule has 4 rings (SSSR count). The molecule has 32 heavy (non-hydrogen) atoms. The van der Waals surface area contributed by atoms with Gasteiger partial charge in [-0.3, -0.25) is 4.79 Å². The maximum atomic E-state index is 12.0. The number of esters is 1. The highest BCUT2D eigenvalue weighted by atomic mass is 16.5. The highest BCUT2D eigenvalue weighted by Crippen LogP contribution is 2.37. The van der Waals surface area contributed by atoms with Crippen LogP contribution in [0.2, 0.25) is 0 Å². The fourth-order valence-electron chi connectivity index (χ4n) is 3.97. The van der Waals surface area contributed by atoms with Gasteiger partial charge in [0.25, 0.3) is 0 Å². The zero-order valence-electron chi connectivity index (χ0n) is 18.3. The number of hydrogen-bond donors (Lipinski definition) is 0. The van der Waals surface area contributed by atoms with Gasteiger partial charge >= 0.3 is 5.97 Å². The number of carbonyl (C=O) groups is 1. The number of ether oxygens (including phenoxy) is 3. The first-order chi connectivity index (χ1) is 15.7. The van der Waals surface area contributed by atoms with Crippen LogP contribution in [0.4, 0.5) is 0 Å². The second-order valence-corrected chi connectivity index (χ2v) is 7.94. The summed E-state index contributed by atoms with van der Waals surface area (Å²) in [5, 5.41) is 0. The van der Waals surface area contributed by atoms with E-state index < -0.39 is 0 Å². The lowest BCUT2D eigenvalue weighted by atomic mass is 9.76. The zero-order chi connectivity index (χ0) is 22.2. The van der Waals surface area contributed by atoms with Gasteiger partial charge < -0.3 is 14.2 Å². The molecule has 0 aliphatic carbocycles. The molecule has 0 bridgehead atoms. The average Bonchev–Trinajstić information content (AvgIpc) is 2.81. The summed E-state index contributed by atoms with van der Waals surface area (Å²) >= 11 is 0. The lowest BCUT2D eigenvalue weighted by Gasteiger charge is -2.41. The second-order valence-electron chi connectivity index (χ2n) is 7.94. The molecule has 1 saturated heterocycles. The van der Waals surface area contributed by atoms with Crippen molar-refractivity contribution in [2.75, 3.05) is 26.4 Å². The van der Waals surface area contributed by atoms with Gasteiger partial charge in [0.15, 0.2) is 0 Å². The molecule has 0 saturated carbocycles. The molecule has 0 atom stereocenters. The lowest BCUT2D eigenvalue weighted by Crippen LogP contribution is -2.48. The van der Waals surface area contributed by atoms with Gasteiger partial charge in [-0.15, -0.1) is 0 Å². The number of carbonyl (C=O) groups excluding carboxylic acids is 1. The average molecular weight is 429 g/mol. The Morgan fingerprint density at radius 1 is 0.906 bits per heavy atom. The first-order valence-corrected chi connectivity index (χ1v) is 11.0. The van der Waals surface area contributed by atoms with E-state index in [1.54, 1.807) is 0 Å². The van der Waals surface area contributed by atoms with E-state index >= 15 is 0 Å². The zero-order valence-corrected chi connectivity index (χ0v) is 18.3. The topological polar surface area (TPSA) is 44.8 Å². The molecule has 0 aromatic heterocycles. The highest BCUT2D eigenvalue weighted by molar-refractivity contribution is 5.79. The van der Waals surface area contributed by atoms with Gasteiger partial charge in [0.2, 0.25) is 0 Å². The van der Waals surface area contributed by atoms with Crippen LogP contribution in [-0.4, -0.2) is 32.4 Å². The Hall–Kier alpha value is -3.37. The van der Waals surface area contributed by atoms with Crippen LogP contribution in [0, 0.1) is 0 Å². The van der Waals surface area contributed by atoms with E-state index in [0.29, 0.717) is 32.8 Å². The molecule has 3 aromatic rings. The largest absolute Gasteiger partial charge is 0.490 e. The standard InChI is InChI=1S/C28H28O4/c1-2-31-27(29)19-28(20-30-21-28)24-13-15-25(16-14-24)32-18-17-26(22-9-5-3-6-10-22)23-11-7-4-8-12-23/h3-17H,2,18-21H2,1H3. The molecule has 1 fully saturated rings. The fourth-order valence-corrected chi connectivity index (χ4v) is 3.97. The van der Waals surface area contributed by atoms with Crippen LogP contribution in [0.15, 0.2) is 91.0 Å². The van der Waals surface area contributed by atoms with Gasteiger partial charge in [0, 0.05) is 0 Å². The summed E-state index contributed by atoms with van der Waals surface area (Å²) in [7, 11) is 0. The quantitative estimate of drug-likeness (QED) is 0.427. The monoisotopic (exact) mass is 428 g/mol. The summed E-state index contributed by atoms with van der Waals surface area (Å²) < 4.78 is 16.6. The van der Waals surface area contributed by atoms with Gasteiger partial charge in [0.05, 0.1) is 31.7 Å². The Bertz CT molecular complexity index is 994. The summed E-state index contributed by atoms with van der Waals surface area (Å²) in [6, 6.07) is 28.6. The van der Waals surface area contributed by atoms with Crippen LogP contribution in [0.25, 0.3) is 5.57 Å². The third kappa shape index (κ3) is 5.09. The second kappa shape index (κ2) is 10.3. The van der Waals surface area contributed by atoms with Crippen molar-refractivity contribution in [2.24, 2.45) is 0 Å². The Morgan fingerprint density at radius 3 is 2.00 bits per heavy atom. The molecular formula is C28H28O4. The number of hydrogen-bond acceptors (Lipinski definition) is 4. The van der Waals surface area contributed by atoms with Gasteiger partial charge in [-0.05, 0) is 47.4 Å². The first kappa shape index (κ1) is 21.8. The molecule has 4 nitrogen and oxygen atoms in total. The molecule has 4 heteroatoms. The van der Waals surface area contributed by atoms with E-state index in [4.69, 9.17) is 14.2 Å². The molecule has 164 valence electrons. The summed E-state index contributed by atoms with van der Waals surface area (Å²) in [6.45, 7) is 3.74. The Balaban J connectivity index is 1.45. The van der Waals surface area contributed by atoms with E-state index in [-0.39, 0.29) is 11.4 Å². The van der Waals surface area contributed by atoms with Gasteiger partial charge in [-0.25, -0.2) is 0 Å². The van der Waals surface area contributed by atoms with Crippen molar-refractivity contribution < 1.29 is 19.0 Å². The predicted octanol–water partition coefficient (Wildman–Crippen LogP) is 5.42. The molecule has 3 aromatic carbocycles. The Kier molecular flexibility index (Phi) is 7.03. The smallest absolute Gasteiger partial charge is 0.306 e. The molecule has 1 aliphatic heterocycles. The van der Waals surface area contributed by atoms with Crippen molar-refractivity contribution >= 4 is 11.5 Å². The third-order valence-electron chi connectivity index (χ3n) is 5.72. The van der Waals surface area contributed by atoms with Gasteiger partial charge in [0.1, 0.15) is 12.4 Å². The van der Waals surface area contributed by atoms with Crippen molar-refractivity contribution in [3.05, 3.63) is 108 Å². The minimum Gasteiger partial charge on any atom is -0.490 e. The minimum absolute atomic E-state index is 0.185. The number of benzene rings is 3. The Morgan fingerprint density at radius 2 is 1.50 bits per heavy atom. The maximum absolute atomic E-state index is 12.0. The SMILES string of the molecule is CCOC(=O)CC1(c2ccc(OCC=C(c3ccccc3)c3ccccc3)cc2)COC1. The molecule has 0 amide bonds. The van der Waals surface area contributed by atoms with E-state index in [0.717, 1.165) is 28.0 Å².